The Morgan fingerprint density at radius 3 is 2.48 bits per heavy atom. The topological polar surface area (TPSA) is 24.9 Å². The fourth-order valence-electron chi connectivity index (χ4n) is 5.74. The highest BCUT2D eigenvalue weighted by molar-refractivity contribution is 5.32. The molecule has 29 heavy (non-hydrogen) atoms. The molecule has 4 rings (SSSR count). The average Bonchev–Trinajstić information content (AvgIpc) is 2.78. The van der Waals surface area contributed by atoms with E-state index in [4.69, 9.17) is 9.47 Å². The van der Waals surface area contributed by atoms with Crippen LogP contribution in [0.2, 0.25) is 0 Å². The lowest BCUT2D eigenvalue weighted by molar-refractivity contribution is -0.0404. The van der Waals surface area contributed by atoms with Gasteiger partial charge in [-0.2, -0.15) is 0 Å². The van der Waals surface area contributed by atoms with Gasteiger partial charge in [-0.3, -0.25) is 4.90 Å². The molecule has 0 spiro atoms. The van der Waals surface area contributed by atoms with Gasteiger partial charge in [0.15, 0.2) is 0 Å². The summed E-state index contributed by atoms with van der Waals surface area (Å²) in [6, 6.07) is 9.08. The van der Waals surface area contributed by atoms with Crippen molar-refractivity contribution in [3.63, 3.8) is 0 Å². The maximum atomic E-state index is 6.08. The van der Waals surface area contributed by atoms with Gasteiger partial charge in [-0.05, 0) is 62.3 Å². The Hall–Kier alpha value is -1.10. The van der Waals surface area contributed by atoms with Gasteiger partial charge in [0.2, 0.25) is 0 Å². The van der Waals surface area contributed by atoms with Crippen molar-refractivity contribution < 1.29 is 9.47 Å². The van der Waals surface area contributed by atoms with Gasteiger partial charge in [-0.25, -0.2) is 0 Å². The summed E-state index contributed by atoms with van der Waals surface area (Å²) in [6.45, 7) is 10.8. The summed E-state index contributed by atoms with van der Waals surface area (Å²) in [5.74, 6) is 1.88. The van der Waals surface area contributed by atoms with E-state index in [1.807, 2.05) is 0 Å². The molecule has 0 unspecified atom stereocenters. The molecule has 2 aliphatic heterocycles. The molecule has 0 amide bonds. The molecule has 1 atom stereocenters. The molecule has 1 saturated carbocycles. The number of rotatable bonds is 7. The number of piperidine rings is 1. The van der Waals surface area contributed by atoms with Crippen molar-refractivity contribution in [1.82, 2.24) is 9.80 Å². The number of nitrogens with zero attached hydrogens (tertiary/aromatic N) is 2. The Kier molecular flexibility index (Phi) is 7.49. The number of benzene rings is 1. The number of hydrogen-bond donors (Lipinski definition) is 0. The molecule has 0 aromatic heterocycles. The first-order chi connectivity index (χ1) is 14.3. The second kappa shape index (κ2) is 10.3. The van der Waals surface area contributed by atoms with Crippen LogP contribution >= 0.6 is 0 Å². The average molecular weight is 401 g/mol. The SMILES string of the molecule is C[C@H]1CCCN(CCCOc2ccc(C3(N4CCOCC4)CCCCC3)cc2)C1. The second-order valence-electron chi connectivity index (χ2n) is 9.47. The van der Waals surface area contributed by atoms with Gasteiger partial charge < -0.3 is 14.4 Å². The Morgan fingerprint density at radius 1 is 1.00 bits per heavy atom. The van der Waals surface area contributed by atoms with E-state index < -0.39 is 0 Å². The molecule has 0 N–H and O–H groups in total. The van der Waals surface area contributed by atoms with Crippen molar-refractivity contribution >= 4 is 0 Å². The fourth-order valence-corrected chi connectivity index (χ4v) is 5.74. The zero-order valence-electron chi connectivity index (χ0n) is 18.4. The molecular formula is C25H40N2O2. The van der Waals surface area contributed by atoms with Crippen LogP contribution in [-0.2, 0) is 10.3 Å². The van der Waals surface area contributed by atoms with Crippen LogP contribution in [0.4, 0.5) is 0 Å². The van der Waals surface area contributed by atoms with E-state index in [0.29, 0.717) is 0 Å². The van der Waals surface area contributed by atoms with E-state index in [1.165, 1.54) is 70.1 Å². The fraction of sp³-hybridized carbons (Fsp3) is 0.760. The molecule has 1 aromatic carbocycles. The third-order valence-corrected chi connectivity index (χ3v) is 7.32. The predicted molar refractivity (Wildman–Crippen MR) is 119 cm³/mol. The number of ether oxygens (including phenoxy) is 2. The molecule has 0 radical (unpaired) electrons. The summed E-state index contributed by atoms with van der Waals surface area (Å²) >= 11 is 0. The minimum atomic E-state index is 0.214. The molecule has 4 heteroatoms. The van der Waals surface area contributed by atoms with Crippen LogP contribution in [0, 0.1) is 5.92 Å². The minimum absolute atomic E-state index is 0.214. The molecule has 0 bridgehead atoms. The van der Waals surface area contributed by atoms with E-state index in [-0.39, 0.29) is 5.54 Å². The summed E-state index contributed by atoms with van der Waals surface area (Å²) in [5, 5.41) is 0. The van der Waals surface area contributed by atoms with Crippen LogP contribution in [0.1, 0.15) is 63.9 Å². The van der Waals surface area contributed by atoms with Gasteiger partial charge in [-0.1, -0.05) is 38.3 Å². The summed E-state index contributed by atoms with van der Waals surface area (Å²) in [6.07, 6.45) is 10.5. The van der Waals surface area contributed by atoms with Gasteiger partial charge in [0.25, 0.3) is 0 Å². The van der Waals surface area contributed by atoms with Crippen molar-refractivity contribution in [3.8, 4) is 5.75 Å². The van der Waals surface area contributed by atoms with Crippen molar-refractivity contribution in [1.29, 1.82) is 0 Å². The van der Waals surface area contributed by atoms with Crippen LogP contribution in [-0.4, -0.2) is 62.3 Å². The Balaban J connectivity index is 1.31. The third kappa shape index (κ3) is 5.34. The quantitative estimate of drug-likeness (QED) is 0.621. The smallest absolute Gasteiger partial charge is 0.119 e. The van der Waals surface area contributed by atoms with Crippen molar-refractivity contribution in [2.75, 3.05) is 52.5 Å². The first kappa shape index (κ1) is 21.1. The Morgan fingerprint density at radius 2 is 1.76 bits per heavy atom. The van der Waals surface area contributed by atoms with Crippen LogP contribution in [0.15, 0.2) is 24.3 Å². The zero-order chi connectivity index (χ0) is 19.9. The summed E-state index contributed by atoms with van der Waals surface area (Å²) in [7, 11) is 0. The molecule has 162 valence electrons. The highest BCUT2D eigenvalue weighted by atomic mass is 16.5. The van der Waals surface area contributed by atoms with Crippen LogP contribution in [0.5, 0.6) is 5.75 Å². The first-order valence-corrected chi connectivity index (χ1v) is 12.0. The summed E-state index contributed by atoms with van der Waals surface area (Å²) < 4.78 is 11.7. The van der Waals surface area contributed by atoms with Gasteiger partial charge in [0.1, 0.15) is 5.75 Å². The minimum Gasteiger partial charge on any atom is -0.494 e. The maximum absolute atomic E-state index is 6.08. The van der Waals surface area contributed by atoms with Gasteiger partial charge in [0.05, 0.1) is 19.8 Å². The second-order valence-corrected chi connectivity index (χ2v) is 9.47. The van der Waals surface area contributed by atoms with E-state index in [0.717, 1.165) is 51.0 Å². The monoisotopic (exact) mass is 400 g/mol. The molecular weight excluding hydrogens is 360 g/mol. The maximum Gasteiger partial charge on any atom is 0.119 e. The molecule has 4 nitrogen and oxygen atoms in total. The normalized spacial score (nSPS) is 26.3. The number of morpholine rings is 1. The van der Waals surface area contributed by atoms with Crippen LogP contribution < -0.4 is 4.74 Å². The van der Waals surface area contributed by atoms with Crippen LogP contribution in [0.3, 0.4) is 0 Å². The first-order valence-electron chi connectivity index (χ1n) is 12.0. The lowest BCUT2D eigenvalue weighted by Gasteiger charge is -2.48. The standard InChI is InChI=1S/C25H40N2O2/c1-22-7-5-14-26(21-22)15-6-18-29-24-10-8-23(9-11-24)25(12-3-2-4-13-25)27-16-19-28-20-17-27/h8-11,22H,2-7,12-21H2,1H3/t22-/m0/s1. The molecule has 1 aliphatic carbocycles. The molecule has 1 aromatic rings. The summed E-state index contributed by atoms with van der Waals surface area (Å²) in [4.78, 5) is 5.31. The van der Waals surface area contributed by atoms with Crippen molar-refractivity contribution in [3.05, 3.63) is 29.8 Å². The molecule has 2 saturated heterocycles. The Labute approximate surface area is 177 Å². The van der Waals surface area contributed by atoms with Gasteiger partial charge >= 0.3 is 0 Å². The third-order valence-electron chi connectivity index (χ3n) is 7.32. The van der Waals surface area contributed by atoms with Crippen LogP contribution in [0.25, 0.3) is 0 Å². The summed E-state index contributed by atoms with van der Waals surface area (Å²) in [5.41, 5.74) is 1.69. The van der Waals surface area contributed by atoms with Gasteiger partial charge in [0, 0.05) is 31.7 Å². The number of hydrogen-bond acceptors (Lipinski definition) is 4. The molecule has 3 aliphatic rings. The largest absolute Gasteiger partial charge is 0.494 e. The molecule has 3 fully saturated rings. The van der Waals surface area contributed by atoms with Crippen molar-refractivity contribution in [2.24, 2.45) is 5.92 Å². The lowest BCUT2D eigenvalue weighted by Crippen LogP contribution is -2.52. The van der Waals surface area contributed by atoms with E-state index in [9.17, 15) is 0 Å². The lowest BCUT2D eigenvalue weighted by atomic mass is 9.75. The predicted octanol–water partition coefficient (Wildman–Crippen LogP) is 4.68. The number of likely N-dealkylation sites (tertiary alicyclic amines) is 1. The Bertz CT molecular complexity index is 606. The highest BCUT2D eigenvalue weighted by Crippen LogP contribution is 2.43. The van der Waals surface area contributed by atoms with E-state index >= 15 is 0 Å². The van der Waals surface area contributed by atoms with Gasteiger partial charge in [-0.15, -0.1) is 0 Å². The van der Waals surface area contributed by atoms with E-state index in [2.05, 4.69) is 41.0 Å². The highest BCUT2D eigenvalue weighted by Gasteiger charge is 2.40. The molecule has 2 heterocycles. The van der Waals surface area contributed by atoms with Crippen molar-refractivity contribution in [2.45, 2.75) is 63.8 Å². The zero-order valence-corrected chi connectivity index (χ0v) is 18.4. The van der Waals surface area contributed by atoms with E-state index in [1.54, 1.807) is 0 Å².